The van der Waals surface area contributed by atoms with E-state index in [-0.39, 0.29) is 5.91 Å². The van der Waals surface area contributed by atoms with Crippen molar-refractivity contribution in [2.45, 2.75) is 51.2 Å². The van der Waals surface area contributed by atoms with Crippen LogP contribution in [0.5, 0.6) is 0 Å². The lowest BCUT2D eigenvalue weighted by molar-refractivity contribution is -0.115. The number of pyridine rings is 1. The lowest BCUT2D eigenvalue weighted by Gasteiger charge is -2.39. The van der Waals surface area contributed by atoms with Gasteiger partial charge in [-0.2, -0.15) is 0 Å². The van der Waals surface area contributed by atoms with Crippen LogP contribution in [0.1, 0.15) is 56.3 Å². The van der Waals surface area contributed by atoms with Crippen LogP contribution in [0.25, 0.3) is 0 Å². The molecule has 30 heavy (non-hydrogen) atoms. The Hall–Kier alpha value is -2.44. The summed E-state index contributed by atoms with van der Waals surface area (Å²) in [5, 5.41) is 13.4. The van der Waals surface area contributed by atoms with Crippen LogP contribution in [0, 0.1) is 0 Å². The van der Waals surface area contributed by atoms with Crippen molar-refractivity contribution in [2.75, 3.05) is 36.4 Å². The van der Waals surface area contributed by atoms with Gasteiger partial charge >= 0.3 is 0 Å². The van der Waals surface area contributed by atoms with Crippen molar-refractivity contribution in [1.82, 2.24) is 9.88 Å². The molecule has 3 unspecified atom stereocenters. The molecule has 0 saturated carbocycles. The van der Waals surface area contributed by atoms with E-state index in [2.05, 4.69) is 32.2 Å². The molecule has 1 aromatic carbocycles. The summed E-state index contributed by atoms with van der Waals surface area (Å²) in [6.45, 7) is 7.55. The zero-order valence-electron chi connectivity index (χ0n) is 17.9. The number of aliphatic hydroxyl groups excluding tert-OH is 1. The molecule has 2 aromatic rings. The second-order valence-corrected chi connectivity index (χ2v) is 8.12. The van der Waals surface area contributed by atoms with E-state index in [1.165, 1.54) is 11.3 Å². The molecule has 0 radical (unpaired) electrons. The first-order valence-electron chi connectivity index (χ1n) is 11.2. The minimum Gasteiger partial charge on any atom is -0.388 e. The van der Waals surface area contributed by atoms with Gasteiger partial charge in [0.25, 0.3) is 0 Å². The third-order valence-electron chi connectivity index (χ3n) is 6.45. The molecule has 5 rings (SSSR count). The number of amides is 1. The quantitative estimate of drug-likeness (QED) is 0.792. The lowest BCUT2D eigenvalue weighted by atomic mass is 9.89. The third-order valence-corrected chi connectivity index (χ3v) is 6.45. The monoisotopic (exact) mass is 408 g/mol. The molecule has 160 valence electrons. The van der Waals surface area contributed by atoms with Crippen LogP contribution in [0.4, 0.5) is 11.4 Å². The van der Waals surface area contributed by atoms with Crippen LogP contribution < -0.4 is 10.2 Å². The second-order valence-electron chi connectivity index (χ2n) is 8.12. The first-order chi connectivity index (χ1) is 14.7. The summed E-state index contributed by atoms with van der Waals surface area (Å²) in [5.41, 5.74) is 4.53. The average molecular weight is 409 g/mol. The summed E-state index contributed by atoms with van der Waals surface area (Å²) < 4.78 is 0. The number of rotatable bonds is 5. The van der Waals surface area contributed by atoms with Crippen LogP contribution >= 0.6 is 0 Å². The Morgan fingerprint density at radius 1 is 1.23 bits per heavy atom. The van der Waals surface area contributed by atoms with Gasteiger partial charge < -0.3 is 20.2 Å². The molecule has 3 aliphatic heterocycles. The molecule has 1 fully saturated rings. The Morgan fingerprint density at radius 2 is 2.03 bits per heavy atom. The van der Waals surface area contributed by atoms with Crippen molar-refractivity contribution < 1.29 is 9.90 Å². The van der Waals surface area contributed by atoms with Crippen molar-refractivity contribution >= 4 is 17.3 Å². The Balaban J connectivity index is 0.00000106. The average Bonchev–Trinajstić information content (AvgIpc) is 3.10. The number of hydrogen-bond donors (Lipinski definition) is 2. The molecular formula is C24H32N4O2. The minimum absolute atomic E-state index is 0.0952. The van der Waals surface area contributed by atoms with Crippen LogP contribution in [-0.2, 0) is 4.79 Å². The van der Waals surface area contributed by atoms with Gasteiger partial charge in [0.15, 0.2) is 0 Å². The number of benzene rings is 1. The van der Waals surface area contributed by atoms with Crippen LogP contribution in [-0.4, -0.2) is 53.1 Å². The first kappa shape index (κ1) is 20.8. The molecule has 6 nitrogen and oxygen atoms in total. The molecule has 0 aliphatic carbocycles. The van der Waals surface area contributed by atoms with E-state index in [0.717, 1.165) is 50.1 Å². The van der Waals surface area contributed by atoms with E-state index >= 15 is 0 Å². The van der Waals surface area contributed by atoms with Gasteiger partial charge in [0.05, 0.1) is 24.0 Å². The molecule has 2 N–H and O–H groups in total. The Bertz CT molecular complexity index is 873. The van der Waals surface area contributed by atoms with Gasteiger partial charge in [-0.05, 0) is 55.1 Å². The number of aliphatic hydroxyl groups is 1. The molecule has 1 amide bonds. The highest BCUT2D eigenvalue weighted by molar-refractivity contribution is 6.03. The van der Waals surface area contributed by atoms with Gasteiger partial charge in [-0.3, -0.25) is 9.78 Å². The van der Waals surface area contributed by atoms with Crippen LogP contribution in [0.2, 0.25) is 0 Å². The number of nitrogens with zero attached hydrogens (tertiary/aromatic N) is 3. The summed E-state index contributed by atoms with van der Waals surface area (Å²) in [6, 6.07) is 10.5. The first-order valence-corrected chi connectivity index (χ1v) is 11.2. The van der Waals surface area contributed by atoms with Crippen LogP contribution in [0.15, 0.2) is 42.7 Å². The van der Waals surface area contributed by atoms with Crippen molar-refractivity contribution in [3.63, 3.8) is 0 Å². The number of piperidine rings is 1. The molecule has 6 heteroatoms. The number of aromatic nitrogens is 1. The predicted molar refractivity (Wildman–Crippen MR) is 120 cm³/mol. The maximum absolute atomic E-state index is 12.1. The molecule has 3 atom stereocenters. The highest BCUT2D eigenvalue weighted by Gasteiger charge is 2.44. The number of anilines is 2. The maximum Gasteiger partial charge on any atom is 0.243 e. The van der Waals surface area contributed by atoms with E-state index in [1.54, 1.807) is 12.4 Å². The molecule has 4 heterocycles. The standard InChI is InChI=1S/C22H26N4O2.C2H6/c27-20(15-6-9-23-10-7-15)5-2-11-25-12-8-19-17(13-25)16-3-1-4-18-22(16)26(19)14-21(28)24-18;1-2/h1,3-4,6-7,9-10,17,19-20,27H,2,5,8,11-14H2,(H,24,28);1-2H3. The molecule has 3 aliphatic rings. The fourth-order valence-corrected chi connectivity index (χ4v) is 5.14. The zero-order valence-corrected chi connectivity index (χ0v) is 17.9. The van der Waals surface area contributed by atoms with E-state index in [1.807, 2.05) is 32.0 Å². The number of likely N-dealkylation sites (tertiary alicyclic amines) is 1. The number of carbonyl (C=O) groups is 1. The number of fused-ring (bicyclic) bond motifs is 3. The predicted octanol–water partition coefficient (Wildman–Crippen LogP) is 3.55. The fourth-order valence-electron chi connectivity index (χ4n) is 5.14. The maximum atomic E-state index is 12.1. The summed E-state index contributed by atoms with van der Waals surface area (Å²) >= 11 is 0. The van der Waals surface area contributed by atoms with Crippen molar-refractivity contribution in [3.05, 3.63) is 53.9 Å². The molecule has 1 aromatic heterocycles. The molecular weight excluding hydrogens is 376 g/mol. The van der Waals surface area contributed by atoms with Gasteiger partial charge in [-0.1, -0.05) is 26.0 Å². The Morgan fingerprint density at radius 3 is 2.83 bits per heavy atom. The van der Waals surface area contributed by atoms with Crippen molar-refractivity contribution in [3.8, 4) is 0 Å². The highest BCUT2D eigenvalue weighted by Crippen LogP contribution is 2.49. The zero-order chi connectivity index (χ0) is 21.1. The van der Waals surface area contributed by atoms with Crippen LogP contribution in [0.3, 0.4) is 0 Å². The number of nitrogens with one attached hydrogen (secondary N) is 1. The Kier molecular flexibility index (Phi) is 6.35. The van der Waals surface area contributed by atoms with Gasteiger partial charge in [0.2, 0.25) is 5.91 Å². The summed E-state index contributed by atoms with van der Waals surface area (Å²) in [6.07, 6.45) is 5.85. The summed E-state index contributed by atoms with van der Waals surface area (Å²) in [4.78, 5) is 21.0. The van der Waals surface area contributed by atoms with E-state index in [0.29, 0.717) is 18.5 Å². The highest BCUT2D eigenvalue weighted by atomic mass is 16.3. The number of hydrogen-bond acceptors (Lipinski definition) is 5. The largest absolute Gasteiger partial charge is 0.388 e. The summed E-state index contributed by atoms with van der Waals surface area (Å²) in [5.74, 6) is 0.555. The van der Waals surface area contributed by atoms with E-state index in [9.17, 15) is 9.90 Å². The lowest BCUT2D eigenvalue weighted by Crippen LogP contribution is -2.49. The fraction of sp³-hybridized carbons (Fsp3) is 0.500. The molecule has 1 saturated heterocycles. The Labute approximate surface area is 178 Å². The minimum atomic E-state index is -0.419. The number of carbonyl (C=O) groups excluding carboxylic acids is 1. The smallest absolute Gasteiger partial charge is 0.243 e. The SMILES string of the molecule is CC.O=C1CN2c3c(cccc3C3CN(CCCC(O)c4ccncc4)CCC32)N1. The topological polar surface area (TPSA) is 68.7 Å². The van der Waals surface area contributed by atoms with Gasteiger partial charge in [0, 0.05) is 37.4 Å². The van der Waals surface area contributed by atoms with Gasteiger partial charge in [-0.25, -0.2) is 0 Å². The third kappa shape index (κ3) is 3.94. The number of para-hydroxylation sites is 1. The van der Waals surface area contributed by atoms with E-state index < -0.39 is 6.10 Å². The second kappa shape index (κ2) is 9.14. The van der Waals surface area contributed by atoms with Gasteiger partial charge in [0.1, 0.15) is 0 Å². The summed E-state index contributed by atoms with van der Waals surface area (Å²) in [7, 11) is 0. The molecule has 0 spiro atoms. The van der Waals surface area contributed by atoms with Gasteiger partial charge in [-0.15, -0.1) is 0 Å². The molecule has 0 bridgehead atoms. The van der Waals surface area contributed by atoms with Crippen molar-refractivity contribution in [2.24, 2.45) is 0 Å². The van der Waals surface area contributed by atoms with E-state index in [4.69, 9.17) is 0 Å². The normalized spacial score (nSPS) is 23.0. The van der Waals surface area contributed by atoms with Crippen molar-refractivity contribution in [1.29, 1.82) is 0 Å².